The van der Waals surface area contributed by atoms with Gasteiger partial charge in [-0.05, 0) is 61.8 Å². The van der Waals surface area contributed by atoms with Crippen molar-refractivity contribution in [3.8, 4) is 0 Å². The summed E-state index contributed by atoms with van der Waals surface area (Å²) in [6, 6.07) is 12.7. The summed E-state index contributed by atoms with van der Waals surface area (Å²) in [5.74, 6) is 2.58. The highest BCUT2D eigenvalue weighted by atomic mass is 15.0. The zero-order valence-corrected chi connectivity index (χ0v) is 13.7. The van der Waals surface area contributed by atoms with Crippen molar-refractivity contribution in [2.75, 3.05) is 0 Å². The highest BCUT2D eigenvalue weighted by Crippen LogP contribution is 2.34. The van der Waals surface area contributed by atoms with Crippen LogP contribution < -0.4 is 5.32 Å². The standard InChI is InChI=1S/C20H31N/c1-15-8-9-16(2)20(14-15)21-19-12-10-18(11-13-19)17-6-4-3-5-7-17/h3-7,15-16,18-21H,8-14H2,1-2H3. The van der Waals surface area contributed by atoms with Crippen molar-refractivity contribution in [3.63, 3.8) is 0 Å². The molecule has 1 nitrogen and oxygen atoms in total. The summed E-state index contributed by atoms with van der Waals surface area (Å²) >= 11 is 0. The van der Waals surface area contributed by atoms with Crippen LogP contribution in [0.15, 0.2) is 30.3 Å². The lowest BCUT2D eigenvalue weighted by atomic mass is 9.78. The summed E-state index contributed by atoms with van der Waals surface area (Å²) in [6.45, 7) is 4.87. The van der Waals surface area contributed by atoms with Crippen LogP contribution in [0.4, 0.5) is 0 Å². The maximum Gasteiger partial charge on any atom is 0.00978 e. The van der Waals surface area contributed by atoms with Crippen LogP contribution in [0, 0.1) is 11.8 Å². The van der Waals surface area contributed by atoms with Crippen LogP contribution in [0.5, 0.6) is 0 Å². The third-order valence-corrected chi connectivity index (χ3v) is 5.91. The first-order valence-electron chi connectivity index (χ1n) is 9.03. The van der Waals surface area contributed by atoms with Gasteiger partial charge in [-0.15, -0.1) is 0 Å². The Morgan fingerprint density at radius 3 is 2.29 bits per heavy atom. The molecule has 2 fully saturated rings. The molecule has 21 heavy (non-hydrogen) atoms. The van der Waals surface area contributed by atoms with Crippen molar-refractivity contribution in [2.24, 2.45) is 11.8 Å². The minimum atomic E-state index is 0.766. The van der Waals surface area contributed by atoms with E-state index in [1.165, 1.54) is 44.9 Å². The lowest BCUT2D eigenvalue weighted by Crippen LogP contribution is -2.46. The fourth-order valence-electron chi connectivity index (χ4n) is 4.39. The molecule has 2 aliphatic carbocycles. The van der Waals surface area contributed by atoms with E-state index in [0.717, 1.165) is 29.8 Å². The Morgan fingerprint density at radius 1 is 0.857 bits per heavy atom. The van der Waals surface area contributed by atoms with Crippen LogP contribution in [0.2, 0.25) is 0 Å². The van der Waals surface area contributed by atoms with E-state index in [2.05, 4.69) is 49.5 Å². The van der Waals surface area contributed by atoms with Crippen LogP contribution in [-0.4, -0.2) is 12.1 Å². The smallest absolute Gasteiger partial charge is 0.00978 e. The van der Waals surface area contributed by atoms with E-state index in [-0.39, 0.29) is 0 Å². The molecule has 1 heteroatoms. The van der Waals surface area contributed by atoms with Gasteiger partial charge in [0, 0.05) is 12.1 Å². The molecule has 3 rings (SSSR count). The van der Waals surface area contributed by atoms with Crippen molar-refractivity contribution in [1.82, 2.24) is 5.32 Å². The first kappa shape index (κ1) is 15.1. The molecule has 3 unspecified atom stereocenters. The highest BCUT2D eigenvalue weighted by molar-refractivity contribution is 5.20. The van der Waals surface area contributed by atoms with Gasteiger partial charge in [-0.1, -0.05) is 50.6 Å². The third kappa shape index (κ3) is 3.88. The number of hydrogen-bond donors (Lipinski definition) is 1. The summed E-state index contributed by atoms with van der Waals surface area (Å²) in [5, 5.41) is 4.01. The monoisotopic (exact) mass is 285 g/mol. The minimum Gasteiger partial charge on any atom is -0.311 e. The van der Waals surface area contributed by atoms with Crippen molar-refractivity contribution in [1.29, 1.82) is 0 Å². The lowest BCUT2D eigenvalue weighted by molar-refractivity contribution is 0.195. The Bertz CT molecular complexity index is 419. The average Bonchev–Trinajstić information content (AvgIpc) is 2.53. The molecule has 2 saturated carbocycles. The van der Waals surface area contributed by atoms with Gasteiger partial charge in [0.1, 0.15) is 0 Å². The maximum atomic E-state index is 4.01. The van der Waals surface area contributed by atoms with E-state index >= 15 is 0 Å². The number of nitrogens with one attached hydrogen (secondary N) is 1. The second kappa shape index (κ2) is 6.96. The predicted octanol–water partition coefficient (Wildman–Crippen LogP) is 5.13. The summed E-state index contributed by atoms with van der Waals surface area (Å²) < 4.78 is 0. The Morgan fingerprint density at radius 2 is 1.57 bits per heavy atom. The first-order chi connectivity index (χ1) is 10.2. The Kier molecular flexibility index (Phi) is 5.00. The fourth-order valence-corrected chi connectivity index (χ4v) is 4.39. The predicted molar refractivity (Wildman–Crippen MR) is 90.5 cm³/mol. The number of rotatable bonds is 3. The van der Waals surface area contributed by atoms with Crippen molar-refractivity contribution < 1.29 is 0 Å². The molecule has 1 aromatic rings. The van der Waals surface area contributed by atoms with E-state index in [1.54, 1.807) is 5.56 Å². The van der Waals surface area contributed by atoms with Gasteiger partial charge in [-0.2, -0.15) is 0 Å². The van der Waals surface area contributed by atoms with Gasteiger partial charge in [0.15, 0.2) is 0 Å². The van der Waals surface area contributed by atoms with Crippen molar-refractivity contribution in [2.45, 2.75) is 76.8 Å². The molecule has 0 spiro atoms. The van der Waals surface area contributed by atoms with Crippen LogP contribution in [-0.2, 0) is 0 Å². The van der Waals surface area contributed by atoms with Gasteiger partial charge in [-0.3, -0.25) is 0 Å². The molecule has 116 valence electrons. The second-order valence-corrected chi connectivity index (χ2v) is 7.63. The Labute approximate surface area is 130 Å². The highest BCUT2D eigenvalue weighted by Gasteiger charge is 2.29. The quantitative estimate of drug-likeness (QED) is 0.812. The third-order valence-electron chi connectivity index (χ3n) is 5.91. The van der Waals surface area contributed by atoms with Gasteiger partial charge in [0.05, 0.1) is 0 Å². The zero-order valence-electron chi connectivity index (χ0n) is 13.7. The van der Waals surface area contributed by atoms with Crippen molar-refractivity contribution >= 4 is 0 Å². The van der Waals surface area contributed by atoms with Gasteiger partial charge < -0.3 is 5.32 Å². The molecular formula is C20H31N. The number of hydrogen-bond acceptors (Lipinski definition) is 1. The molecule has 0 heterocycles. The summed E-state index contributed by atoms with van der Waals surface area (Å²) in [4.78, 5) is 0. The second-order valence-electron chi connectivity index (χ2n) is 7.63. The molecule has 0 aliphatic heterocycles. The SMILES string of the molecule is CC1CCC(C)C(NC2CCC(c3ccccc3)CC2)C1. The van der Waals surface area contributed by atoms with Crippen LogP contribution in [0.3, 0.4) is 0 Å². The Balaban J connectivity index is 1.49. The molecule has 1 N–H and O–H groups in total. The van der Waals surface area contributed by atoms with Crippen LogP contribution in [0.25, 0.3) is 0 Å². The van der Waals surface area contributed by atoms with Crippen molar-refractivity contribution in [3.05, 3.63) is 35.9 Å². The fraction of sp³-hybridized carbons (Fsp3) is 0.700. The lowest BCUT2D eigenvalue weighted by Gasteiger charge is -2.38. The van der Waals surface area contributed by atoms with Crippen LogP contribution in [0.1, 0.15) is 70.3 Å². The normalized spacial score (nSPS) is 37.3. The zero-order chi connectivity index (χ0) is 14.7. The van der Waals surface area contributed by atoms with Gasteiger partial charge >= 0.3 is 0 Å². The molecule has 2 aliphatic rings. The van der Waals surface area contributed by atoms with E-state index in [0.29, 0.717) is 0 Å². The number of benzene rings is 1. The molecule has 3 atom stereocenters. The Hall–Kier alpha value is -0.820. The minimum absolute atomic E-state index is 0.766. The van der Waals surface area contributed by atoms with Gasteiger partial charge in [0.25, 0.3) is 0 Å². The van der Waals surface area contributed by atoms with Gasteiger partial charge in [-0.25, -0.2) is 0 Å². The summed E-state index contributed by atoms with van der Waals surface area (Å²) in [7, 11) is 0. The molecule has 0 saturated heterocycles. The molecule has 0 amide bonds. The largest absolute Gasteiger partial charge is 0.311 e. The molecule has 0 aromatic heterocycles. The topological polar surface area (TPSA) is 12.0 Å². The summed E-state index contributed by atoms with van der Waals surface area (Å²) in [6.07, 6.45) is 9.67. The average molecular weight is 285 g/mol. The van der Waals surface area contributed by atoms with E-state index in [9.17, 15) is 0 Å². The van der Waals surface area contributed by atoms with E-state index in [4.69, 9.17) is 0 Å². The van der Waals surface area contributed by atoms with Crippen LogP contribution >= 0.6 is 0 Å². The molecular weight excluding hydrogens is 254 g/mol. The van der Waals surface area contributed by atoms with E-state index in [1.807, 2.05) is 0 Å². The molecule has 0 bridgehead atoms. The van der Waals surface area contributed by atoms with E-state index < -0.39 is 0 Å². The summed E-state index contributed by atoms with van der Waals surface area (Å²) in [5.41, 5.74) is 1.55. The maximum absolute atomic E-state index is 4.01. The molecule has 1 aromatic carbocycles. The van der Waals surface area contributed by atoms with Gasteiger partial charge in [0.2, 0.25) is 0 Å². The molecule has 0 radical (unpaired) electrons. The first-order valence-corrected chi connectivity index (χ1v) is 9.03.